The van der Waals surface area contributed by atoms with E-state index in [9.17, 15) is 24.6 Å². The number of aliphatic carboxylic acids is 1. The zero-order valence-corrected chi connectivity index (χ0v) is 20.8. The first-order chi connectivity index (χ1) is 16.3. The highest BCUT2D eigenvalue weighted by Gasteiger charge is 2.75. The van der Waals surface area contributed by atoms with Crippen LogP contribution in [0, 0.1) is 28.6 Å². The lowest BCUT2D eigenvalue weighted by Crippen LogP contribution is -2.70. The van der Waals surface area contributed by atoms with Crippen molar-refractivity contribution in [2.24, 2.45) is 28.6 Å². The largest absolute Gasteiger partial charge is 0.481 e. The predicted molar refractivity (Wildman–Crippen MR) is 127 cm³/mol. The highest BCUT2D eigenvalue weighted by molar-refractivity contribution is 6.01. The zero-order chi connectivity index (χ0) is 25.8. The molecule has 3 fully saturated rings. The molecular weight excluding hydrogens is 453 g/mol. The molecule has 8 atom stereocenters. The molecule has 4 rings (SSSR count). The highest BCUT2D eigenvalue weighted by Crippen LogP contribution is 2.70. The van der Waals surface area contributed by atoms with E-state index in [0.29, 0.717) is 50.6 Å². The first kappa shape index (κ1) is 26.0. The van der Waals surface area contributed by atoms with Gasteiger partial charge in [-0.2, -0.15) is 0 Å². The summed E-state index contributed by atoms with van der Waals surface area (Å²) in [6.45, 7) is 5.70. The minimum absolute atomic E-state index is 0.0534. The molecule has 1 amide bonds. The van der Waals surface area contributed by atoms with Gasteiger partial charge >= 0.3 is 5.97 Å². The minimum atomic E-state index is -2.00. The van der Waals surface area contributed by atoms with Gasteiger partial charge in [0.25, 0.3) is 5.91 Å². The van der Waals surface area contributed by atoms with E-state index in [4.69, 9.17) is 5.11 Å². The number of amides is 1. The Bertz CT molecular complexity index is 979. The number of aliphatic hydroxyl groups is 2. The van der Waals surface area contributed by atoms with Crippen molar-refractivity contribution >= 4 is 17.7 Å². The number of halogens is 1. The van der Waals surface area contributed by atoms with Crippen molar-refractivity contribution in [2.45, 2.75) is 89.5 Å². The third-order valence-electron chi connectivity index (χ3n) is 9.92. The van der Waals surface area contributed by atoms with Crippen LogP contribution in [0.2, 0.25) is 0 Å². The first-order valence-corrected chi connectivity index (χ1v) is 12.9. The van der Waals surface area contributed by atoms with Crippen molar-refractivity contribution < 1.29 is 34.1 Å². The molecule has 0 bridgehead atoms. The van der Waals surface area contributed by atoms with E-state index in [0.717, 1.165) is 0 Å². The molecule has 4 N–H and O–H groups in total. The molecule has 3 saturated carbocycles. The van der Waals surface area contributed by atoms with Crippen molar-refractivity contribution in [2.75, 3.05) is 6.54 Å². The SMILES string of the molecule is CC1CC2C3CCC4=CC(=O)C=CC4(C)C3(F)C(O)CC2(C)C1(O)C(=O)NCCCCCC(=O)O. The highest BCUT2D eigenvalue weighted by atomic mass is 19.1. The number of carbonyl (C=O) groups is 3. The number of allylic oxidation sites excluding steroid dienone is 4. The summed E-state index contributed by atoms with van der Waals surface area (Å²) >= 11 is 0. The number of hydrogen-bond donors (Lipinski definition) is 4. The topological polar surface area (TPSA) is 124 Å². The summed E-state index contributed by atoms with van der Waals surface area (Å²) in [5, 5.41) is 34.8. The number of fused-ring (bicyclic) bond motifs is 5. The molecule has 0 aromatic carbocycles. The van der Waals surface area contributed by atoms with E-state index in [-0.39, 0.29) is 24.5 Å². The number of carboxylic acids is 1. The van der Waals surface area contributed by atoms with Gasteiger partial charge in [-0.25, -0.2) is 4.39 Å². The lowest BCUT2D eigenvalue weighted by atomic mass is 9.44. The Labute approximate surface area is 205 Å². The number of ketones is 1. The molecule has 7 nitrogen and oxygen atoms in total. The lowest BCUT2D eigenvalue weighted by molar-refractivity contribution is -0.219. The lowest BCUT2D eigenvalue weighted by Gasteiger charge is -2.62. The van der Waals surface area contributed by atoms with E-state index in [2.05, 4.69) is 5.32 Å². The number of aliphatic hydroxyl groups excluding tert-OH is 1. The number of alkyl halides is 1. The molecule has 0 saturated heterocycles. The molecule has 0 spiro atoms. The number of rotatable bonds is 7. The summed E-state index contributed by atoms with van der Waals surface area (Å²) < 4.78 is 17.1. The fourth-order valence-corrected chi connectivity index (χ4v) is 7.95. The second-order valence-electron chi connectivity index (χ2n) is 11.6. The number of carboxylic acid groups (broad SMARTS) is 1. The van der Waals surface area contributed by atoms with Gasteiger partial charge in [-0.05, 0) is 69.4 Å². The molecule has 194 valence electrons. The molecule has 0 aromatic rings. The summed E-state index contributed by atoms with van der Waals surface area (Å²) in [4.78, 5) is 36.0. The maximum Gasteiger partial charge on any atom is 0.303 e. The summed E-state index contributed by atoms with van der Waals surface area (Å²) in [5.41, 5.74) is -5.16. The molecule has 8 unspecified atom stereocenters. The van der Waals surface area contributed by atoms with Gasteiger partial charge in [0, 0.05) is 29.7 Å². The fourth-order valence-electron chi connectivity index (χ4n) is 7.95. The maximum absolute atomic E-state index is 17.1. The second-order valence-corrected chi connectivity index (χ2v) is 11.6. The van der Waals surface area contributed by atoms with Gasteiger partial charge in [-0.1, -0.05) is 31.9 Å². The smallest absolute Gasteiger partial charge is 0.303 e. The molecule has 0 aromatic heterocycles. The Kier molecular flexibility index (Phi) is 6.54. The molecule has 4 aliphatic rings. The van der Waals surface area contributed by atoms with Crippen molar-refractivity contribution in [1.82, 2.24) is 5.32 Å². The van der Waals surface area contributed by atoms with E-state index in [1.54, 1.807) is 13.0 Å². The Morgan fingerprint density at radius 3 is 2.60 bits per heavy atom. The fraction of sp³-hybridized carbons (Fsp3) is 0.741. The van der Waals surface area contributed by atoms with Crippen LogP contribution >= 0.6 is 0 Å². The van der Waals surface area contributed by atoms with Crippen LogP contribution in [0.5, 0.6) is 0 Å². The van der Waals surface area contributed by atoms with Gasteiger partial charge in [0.2, 0.25) is 0 Å². The molecule has 35 heavy (non-hydrogen) atoms. The molecular formula is C27H38FNO6. The number of nitrogens with one attached hydrogen (secondary N) is 1. The van der Waals surface area contributed by atoms with Crippen LogP contribution in [-0.4, -0.2) is 56.9 Å². The number of carbonyl (C=O) groups excluding carboxylic acids is 2. The number of hydrogen-bond acceptors (Lipinski definition) is 5. The van der Waals surface area contributed by atoms with E-state index >= 15 is 4.39 Å². The standard InChI is InChI=1S/C27H38FNO6/c1-16-13-20-19-9-8-17-14-18(30)10-11-24(17,2)26(19,28)21(31)15-25(20,3)27(16,35)23(34)29-12-6-4-5-7-22(32)33/h10-11,14,16,19-21,31,35H,4-9,12-13,15H2,1-3H3,(H,29,34)(H,32,33). The van der Waals surface area contributed by atoms with Crippen molar-refractivity contribution in [1.29, 1.82) is 0 Å². The monoisotopic (exact) mass is 491 g/mol. The van der Waals surface area contributed by atoms with E-state index in [1.165, 1.54) is 12.2 Å². The molecule has 4 aliphatic carbocycles. The minimum Gasteiger partial charge on any atom is -0.481 e. The maximum atomic E-state index is 17.1. The normalized spacial score (nSPS) is 44.2. The van der Waals surface area contributed by atoms with Crippen molar-refractivity contribution in [3.8, 4) is 0 Å². The Morgan fingerprint density at radius 2 is 1.91 bits per heavy atom. The van der Waals surface area contributed by atoms with Crippen LogP contribution in [0.1, 0.15) is 72.1 Å². The van der Waals surface area contributed by atoms with Gasteiger partial charge in [0.15, 0.2) is 17.1 Å². The van der Waals surface area contributed by atoms with Gasteiger partial charge < -0.3 is 20.6 Å². The van der Waals surface area contributed by atoms with E-state index < -0.39 is 51.9 Å². The van der Waals surface area contributed by atoms with Crippen LogP contribution in [-0.2, 0) is 14.4 Å². The van der Waals surface area contributed by atoms with Gasteiger partial charge in [0.05, 0.1) is 6.10 Å². The molecule has 0 heterocycles. The third-order valence-corrected chi connectivity index (χ3v) is 9.92. The van der Waals surface area contributed by atoms with Crippen LogP contribution in [0.25, 0.3) is 0 Å². The van der Waals surface area contributed by atoms with Crippen molar-refractivity contribution in [3.05, 3.63) is 23.8 Å². The quantitative estimate of drug-likeness (QED) is 0.406. The van der Waals surface area contributed by atoms with Crippen LogP contribution in [0.3, 0.4) is 0 Å². The molecule has 0 aliphatic heterocycles. The predicted octanol–water partition coefficient (Wildman–Crippen LogP) is 3.10. The van der Waals surface area contributed by atoms with Crippen LogP contribution in [0.4, 0.5) is 4.39 Å². The molecule has 8 heteroatoms. The first-order valence-electron chi connectivity index (χ1n) is 12.9. The zero-order valence-electron chi connectivity index (χ0n) is 20.8. The average Bonchev–Trinajstić information content (AvgIpc) is 2.99. The Hall–Kier alpha value is -2.06. The average molecular weight is 492 g/mol. The summed E-state index contributed by atoms with van der Waals surface area (Å²) in [6, 6.07) is 0. The summed E-state index contributed by atoms with van der Waals surface area (Å²) in [5.74, 6) is -2.81. The van der Waals surface area contributed by atoms with Gasteiger partial charge in [-0.15, -0.1) is 0 Å². The van der Waals surface area contributed by atoms with E-state index in [1.807, 2.05) is 13.8 Å². The van der Waals surface area contributed by atoms with Gasteiger partial charge in [-0.3, -0.25) is 14.4 Å². The van der Waals surface area contributed by atoms with Crippen LogP contribution in [0.15, 0.2) is 23.8 Å². The summed E-state index contributed by atoms with van der Waals surface area (Å²) in [6.07, 6.45) is 6.33. The Morgan fingerprint density at radius 1 is 1.20 bits per heavy atom. The molecule has 0 radical (unpaired) electrons. The van der Waals surface area contributed by atoms with Crippen LogP contribution < -0.4 is 5.32 Å². The second kappa shape index (κ2) is 8.80. The number of unbranched alkanes of at least 4 members (excludes halogenated alkanes) is 2. The summed E-state index contributed by atoms with van der Waals surface area (Å²) in [7, 11) is 0. The third kappa shape index (κ3) is 3.62. The Balaban J connectivity index is 1.56. The van der Waals surface area contributed by atoms with Gasteiger partial charge in [0.1, 0.15) is 0 Å². The van der Waals surface area contributed by atoms with Crippen molar-refractivity contribution in [3.63, 3.8) is 0 Å².